The van der Waals surface area contributed by atoms with Gasteiger partial charge < -0.3 is 5.32 Å². The summed E-state index contributed by atoms with van der Waals surface area (Å²) >= 11 is 1.39. The minimum Gasteiger partial charge on any atom is -0.325 e. The normalized spacial score (nSPS) is 15.0. The van der Waals surface area contributed by atoms with Gasteiger partial charge in [-0.3, -0.25) is 4.79 Å². The molecule has 8 nitrogen and oxygen atoms in total. The van der Waals surface area contributed by atoms with E-state index < -0.39 is 26.0 Å². The Hall–Kier alpha value is -2.57. The topological polar surface area (TPSA) is 104 Å². The molecule has 0 aliphatic carbocycles. The first kappa shape index (κ1) is 24.6. The van der Waals surface area contributed by atoms with Gasteiger partial charge in [-0.15, -0.1) is 11.3 Å². The van der Waals surface area contributed by atoms with Gasteiger partial charge in [-0.1, -0.05) is 24.3 Å². The minimum atomic E-state index is -4.08. The molecule has 34 heavy (non-hydrogen) atoms. The van der Waals surface area contributed by atoms with Crippen molar-refractivity contribution in [3.8, 4) is 0 Å². The van der Waals surface area contributed by atoms with Crippen molar-refractivity contribution in [2.75, 3.05) is 25.0 Å². The predicted molar refractivity (Wildman–Crippen MR) is 131 cm³/mol. The lowest BCUT2D eigenvalue weighted by molar-refractivity contribution is -0.116. The second-order valence-corrected chi connectivity index (χ2v) is 12.8. The lowest BCUT2D eigenvalue weighted by atomic mass is 10.3. The van der Waals surface area contributed by atoms with E-state index in [0.29, 0.717) is 18.8 Å². The summed E-state index contributed by atoms with van der Waals surface area (Å²) in [7, 11) is -7.73. The van der Waals surface area contributed by atoms with Crippen LogP contribution in [-0.2, 0) is 31.4 Å². The number of rotatable bonds is 9. The van der Waals surface area contributed by atoms with Crippen LogP contribution >= 0.6 is 11.3 Å². The summed E-state index contributed by atoms with van der Waals surface area (Å²) in [5, 5.41) is 4.54. The van der Waals surface area contributed by atoms with E-state index in [1.165, 1.54) is 39.9 Å². The zero-order valence-corrected chi connectivity index (χ0v) is 20.8. The first-order valence-corrected chi connectivity index (χ1v) is 14.5. The molecule has 1 saturated heterocycles. The molecule has 1 amide bonds. The van der Waals surface area contributed by atoms with Crippen molar-refractivity contribution in [3.05, 3.63) is 77.0 Å². The van der Waals surface area contributed by atoms with Gasteiger partial charge in [0, 0.05) is 30.2 Å². The summed E-state index contributed by atoms with van der Waals surface area (Å²) in [6.07, 6.45) is 1.63. The van der Waals surface area contributed by atoms with Crippen LogP contribution in [0.25, 0.3) is 0 Å². The number of nitrogens with one attached hydrogen (secondary N) is 1. The van der Waals surface area contributed by atoms with Gasteiger partial charge in [0.1, 0.15) is 0 Å². The third-order valence-electron chi connectivity index (χ3n) is 5.45. The van der Waals surface area contributed by atoms with Gasteiger partial charge in [0.2, 0.25) is 26.0 Å². The fraction of sp³-hybridized carbons (Fsp3) is 0.261. The van der Waals surface area contributed by atoms with Crippen LogP contribution in [0.15, 0.2) is 81.9 Å². The van der Waals surface area contributed by atoms with Gasteiger partial charge in [0.15, 0.2) is 0 Å². The number of anilines is 1. The van der Waals surface area contributed by atoms with Crippen LogP contribution < -0.4 is 5.32 Å². The number of hydrogen-bond acceptors (Lipinski definition) is 6. The molecule has 0 bridgehead atoms. The minimum absolute atomic E-state index is 0.0238. The van der Waals surface area contributed by atoms with Crippen molar-refractivity contribution in [1.82, 2.24) is 8.61 Å². The van der Waals surface area contributed by atoms with E-state index in [0.717, 1.165) is 22.0 Å². The fourth-order valence-corrected chi connectivity index (χ4v) is 7.39. The highest BCUT2D eigenvalue weighted by molar-refractivity contribution is 7.89. The number of carbonyl (C=O) groups excluding carboxylic acids is 1. The number of amides is 1. The molecule has 3 aromatic rings. The second-order valence-electron chi connectivity index (χ2n) is 7.85. The molecule has 180 valence electrons. The molecule has 1 aromatic heterocycles. The van der Waals surface area contributed by atoms with E-state index in [-0.39, 0.29) is 22.9 Å². The number of carbonyl (C=O) groups is 1. The van der Waals surface area contributed by atoms with Crippen LogP contribution in [0.2, 0.25) is 0 Å². The molecule has 0 atom stereocenters. The highest BCUT2D eigenvalue weighted by Crippen LogP contribution is 2.25. The molecule has 0 saturated carbocycles. The Kier molecular flexibility index (Phi) is 7.48. The zero-order chi connectivity index (χ0) is 24.2. The molecular formula is C23H25N3O5S3. The highest BCUT2D eigenvalue weighted by Gasteiger charge is 2.30. The second kappa shape index (κ2) is 10.4. The van der Waals surface area contributed by atoms with Crippen molar-refractivity contribution in [2.45, 2.75) is 29.2 Å². The van der Waals surface area contributed by atoms with Gasteiger partial charge in [-0.05, 0) is 60.7 Å². The first-order valence-electron chi connectivity index (χ1n) is 10.7. The monoisotopic (exact) mass is 519 g/mol. The number of para-hydroxylation sites is 1. The molecule has 4 rings (SSSR count). The van der Waals surface area contributed by atoms with E-state index in [1.54, 1.807) is 30.3 Å². The number of nitrogens with zero attached hydrogens (tertiary/aromatic N) is 2. The summed E-state index contributed by atoms with van der Waals surface area (Å²) in [5.74, 6) is -0.473. The molecule has 2 aromatic carbocycles. The Labute approximate surface area is 203 Å². The third kappa shape index (κ3) is 5.56. The van der Waals surface area contributed by atoms with Crippen molar-refractivity contribution in [2.24, 2.45) is 0 Å². The molecule has 0 spiro atoms. The summed E-state index contributed by atoms with van der Waals surface area (Å²) in [4.78, 5) is 13.4. The van der Waals surface area contributed by atoms with Crippen LogP contribution in [0.4, 0.5) is 5.69 Å². The fourth-order valence-electron chi connectivity index (χ4n) is 3.69. The van der Waals surface area contributed by atoms with Gasteiger partial charge in [-0.25, -0.2) is 16.8 Å². The van der Waals surface area contributed by atoms with Crippen LogP contribution in [-0.4, -0.2) is 51.0 Å². The molecule has 1 aliphatic rings. The average molecular weight is 520 g/mol. The van der Waals surface area contributed by atoms with E-state index >= 15 is 0 Å². The van der Waals surface area contributed by atoms with Crippen LogP contribution in [0.3, 0.4) is 0 Å². The van der Waals surface area contributed by atoms with E-state index in [1.807, 2.05) is 17.5 Å². The van der Waals surface area contributed by atoms with Gasteiger partial charge in [0.05, 0.1) is 16.3 Å². The summed E-state index contributed by atoms with van der Waals surface area (Å²) < 4.78 is 55.0. The Morgan fingerprint density at radius 2 is 1.53 bits per heavy atom. The molecule has 0 radical (unpaired) electrons. The van der Waals surface area contributed by atoms with Crippen LogP contribution in [0.1, 0.15) is 17.7 Å². The van der Waals surface area contributed by atoms with E-state index in [9.17, 15) is 21.6 Å². The molecule has 2 heterocycles. The Balaban J connectivity index is 1.57. The highest BCUT2D eigenvalue weighted by atomic mass is 32.2. The van der Waals surface area contributed by atoms with Crippen LogP contribution in [0.5, 0.6) is 0 Å². The zero-order valence-electron chi connectivity index (χ0n) is 18.3. The van der Waals surface area contributed by atoms with Crippen molar-refractivity contribution in [3.63, 3.8) is 0 Å². The number of thiophene rings is 1. The molecular weight excluding hydrogens is 494 g/mol. The molecule has 0 unspecified atom stereocenters. The van der Waals surface area contributed by atoms with Gasteiger partial charge in [-0.2, -0.15) is 8.61 Å². The lowest BCUT2D eigenvalue weighted by Gasteiger charge is -2.22. The number of benzene rings is 2. The van der Waals surface area contributed by atoms with Crippen LogP contribution in [0, 0.1) is 0 Å². The summed E-state index contributed by atoms with van der Waals surface area (Å²) in [6.45, 7) is 0.569. The average Bonchev–Trinajstić information content (AvgIpc) is 3.54. The first-order chi connectivity index (χ1) is 16.3. The largest absolute Gasteiger partial charge is 0.325 e. The third-order valence-corrected chi connectivity index (χ3v) is 10.0. The number of hydrogen-bond donors (Lipinski definition) is 1. The van der Waals surface area contributed by atoms with Crippen molar-refractivity contribution in [1.29, 1.82) is 0 Å². The SMILES string of the molecule is O=C(CN(Cc1cccs1)S(=O)(=O)c1ccc(S(=O)(=O)N2CCCC2)cc1)Nc1ccccc1. The molecule has 1 N–H and O–H groups in total. The molecule has 1 aliphatic heterocycles. The van der Waals surface area contributed by atoms with E-state index in [4.69, 9.17) is 0 Å². The van der Waals surface area contributed by atoms with E-state index in [2.05, 4.69) is 5.32 Å². The van der Waals surface area contributed by atoms with Gasteiger partial charge >= 0.3 is 0 Å². The molecule has 1 fully saturated rings. The summed E-state index contributed by atoms with van der Waals surface area (Å²) in [5.41, 5.74) is 0.567. The lowest BCUT2D eigenvalue weighted by Crippen LogP contribution is -2.37. The number of sulfonamides is 2. The smallest absolute Gasteiger partial charge is 0.243 e. The molecule has 11 heteroatoms. The maximum atomic E-state index is 13.5. The van der Waals surface area contributed by atoms with Gasteiger partial charge in [0.25, 0.3) is 0 Å². The Bertz CT molecular complexity index is 1320. The van der Waals surface area contributed by atoms with Crippen molar-refractivity contribution >= 4 is 43.0 Å². The Morgan fingerprint density at radius 1 is 0.882 bits per heavy atom. The Morgan fingerprint density at radius 3 is 2.15 bits per heavy atom. The maximum Gasteiger partial charge on any atom is 0.243 e. The standard InChI is InChI=1S/C23H25N3O5S3/c27-23(24-19-7-2-1-3-8-19)18-26(17-20-9-6-16-32-20)34(30,31)22-12-10-21(11-13-22)33(28,29)25-14-4-5-15-25/h1-3,6-13,16H,4-5,14-15,17-18H2,(H,24,27). The maximum absolute atomic E-state index is 13.5. The quantitative estimate of drug-likeness (QED) is 0.467. The summed E-state index contributed by atoms with van der Waals surface area (Å²) in [6, 6.07) is 17.6. The predicted octanol–water partition coefficient (Wildman–Crippen LogP) is 3.36. The van der Waals surface area contributed by atoms with Crippen molar-refractivity contribution < 1.29 is 21.6 Å².